The monoisotopic (exact) mass is 305 g/mol. The largest absolute Gasteiger partial charge is 0.326 e. The van der Waals surface area contributed by atoms with Gasteiger partial charge in [-0.15, -0.1) is 0 Å². The van der Waals surface area contributed by atoms with Crippen LogP contribution in [0.2, 0.25) is 0 Å². The van der Waals surface area contributed by atoms with Gasteiger partial charge in [0, 0.05) is 11.6 Å². The molecule has 2 aliphatic rings. The predicted molar refractivity (Wildman–Crippen MR) is 93.3 cm³/mol. The van der Waals surface area contributed by atoms with Crippen molar-refractivity contribution in [2.45, 2.75) is 32.1 Å². The molecule has 0 aromatic heterocycles. The fourth-order valence-corrected chi connectivity index (χ4v) is 4.73. The summed E-state index contributed by atoms with van der Waals surface area (Å²) in [5.74, 6) is 2.02. The van der Waals surface area contributed by atoms with Gasteiger partial charge in [0.15, 0.2) is 0 Å². The number of fused-ring (bicyclic) bond motifs is 2. The molecule has 2 aliphatic carbocycles. The standard InChI is InChI=1S/C21H23NO/c1-14-8-5-6-13-18(14)22-21(23)20-16-11-7-12-17(20)19(16)15-9-3-2-4-10-15/h2-6,8-10,13,16-17,19-20H,7,11-12H2,1H3,(H,22,23)/t16-,17-,19?,20?/m0/s1. The molecule has 23 heavy (non-hydrogen) atoms. The Labute approximate surface area is 137 Å². The van der Waals surface area contributed by atoms with E-state index >= 15 is 0 Å². The van der Waals surface area contributed by atoms with E-state index in [2.05, 4.69) is 35.6 Å². The SMILES string of the molecule is Cc1ccccc1NC(=O)C1[C@H]2CCC[C@H]1C2c1ccccc1. The number of carbonyl (C=O) groups excluding carboxylic acids is 1. The molecule has 0 unspecified atom stereocenters. The molecule has 0 aliphatic heterocycles. The minimum absolute atomic E-state index is 0.188. The van der Waals surface area contributed by atoms with Crippen molar-refractivity contribution >= 4 is 11.6 Å². The van der Waals surface area contributed by atoms with Crippen LogP contribution in [0.3, 0.4) is 0 Å². The highest BCUT2D eigenvalue weighted by Gasteiger charge is 2.55. The first kappa shape index (κ1) is 14.5. The number of rotatable bonds is 3. The summed E-state index contributed by atoms with van der Waals surface area (Å²) in [5, 5.41) is 3.17. The highest BCUT2D eigenvalue weighted by molar-refractivity contribution is 5.94. The molecule has 2 aromatic carbocycles. The molecule has 2 fully saturated rings. The molecule has 2 aromatic rings. The zero-order valence-corrected chi connectivity index (χ0v) is 13.5. The van der Waals surface area contributed by atoms with Crippen molar-refractivity contribution in [3.8, 4) is 0 Å². The molecular formula is C21H23NO. The second-order valence-corrected chi connectivity index (χ2v) is 7.03. The van der Waals surface area contributed by atoms with Crippen molar-refractivity contribution in [2.75, 3.05) is 5.32 Å². The zero-order valence-electron chi connectivity index (χ0n) is 13.5. The lowest BCUT2D eigenvalue weighted by atomic mass is 9.48. The fraction of sp³-hybridized carbons (Fsp3) is 0.381. The summed E-state index contributed by atoms with van der Waals surface area (Å²) in [6.45, 7) is 2.05. The van der Waals surface area contributed by atoms with E-state index < -0.39 is 0 Å². The molecule has 118 valence electrons. The fourth-order valence-electron chi connectivity index (χ4n) is 4.73. The maximum atomic E-state index is 12.8. The Kier molecular flexibility index (Phi) is 3.68. The van der Waals surface area contributed by atoms with E-state index in [4.69, 9.17) is 0 Å². The number of aryl methyl sites for hydroxylation is 1. The van der Waals surface area contributed by atoms with Gasteiger partial charge in [0.25, 0.3) is 0 Å². The second-order valence-electron chi connectivity index (χ2n) is 7.03. The van der Waals surface area contributed by atoms with Crippen molar-refractivity contribution in [1.29, 1.82) is 0 Å². The smallest absolute Gasteiger partial charge is 0.228 e. The van der Waals surface area contributed by atoms with Gasteiger partial charge in [0.05, 0.1) is 0 Å². The van der Waals surface area contributed by atoms with Gasteiger partial charge in [-0.25, -0.2) is 0 Å². The number of hydrogen-bond donors (Lipinski definition) is 1. The van der Waals surface area contributed by atoms with E-state index in [1.807, 2.05) is 31.2 Å². The van der Waals surface area contributed by atoms with Gasteiger partial charge in [-0.3, -0.25) is 4.79 Å². The highest BCUT2D eigenvalue weighted by atomic mass is 16.2. The molecule has 0 saturated heterocycles. The van der Waals surface area contributed by atoms with Crippen molar-refractivity contribution in [1.82, 2.24) is 0 Å². The number of nitrogens with one attached hydrogen (secondary N) is 1. The van der Waals surface area contributed by atoms with E-state index in [0.717, 1.165) is 11.3 Å². The molecule has 1 amide bonds. The van der Waals surface area contributed by atoms with Crippen LogP contribution in [0, 0.1) is 24.7 Å². The van der Waals surface area contributed by atoms with E-state index in [1.54, 1.807) is 0 Å². The van der Waals surface area contributed by atoms with Gasteiger partial charge in [-0.2, -0.15) is 0 Å². The molecule has 4 rings (SSSR count). The molecule has 2 atom stereocenters. The zero-order chi connectivity index (χ0) is 15.8. The average Bonchev–Trinajstić information content (AvgIpc) is 2.58. The quantitative estimate of drug-likeness (QED) is 0.870. The lowest BCUT2D eigenvalue weighted by Gasteiger charge is -2.55. The van der Waals surface area contributed by atoms with E-state index in [1.165, 1.54) is 24.8 Å². The van der Waals surface area contributed by atoms with Gasteiger partial charge in [0.2, 0.25) is 5.91 Å². The maximum absolute atomic E-state index is 12.8. The maximum Gasteiger partial charge on any atom is 0.228 e. The second kappa shape index (κ2) is 5.84. The molecular weight excluding hydrogens is 282 g/mol. The first-order valence-electron chi connectivity index (χ1n) is 8.67. The summed E-state index contributed by atoms with van der Waals surface area (Å²) in [5.41, 5.74) is 3.51. The van der Waals surface area contributed by atoms with Gasteiger partial charge < -0.3 is 5.32 Å². The number of anilines is 1. The predicted octanol–water partition coefficient (Wildman–Crippen LogP) is 4.76. The lowest BCUT2D eigenvalue weighted by Crippen LogP contribution is -2.53. The Morgan fingerprint density at radius 1 is 0.957 bits per heavy atom. The van der Waals surface area contributed by atoms with Crippen LogP contribution in [-0.2, 0) is 4.79 Å². The van der Waals surface area contributed by atoms with Crippen molar-refractivity contribution in [3.05, 3.63) is 65.7 Å². The summed E-state index contributed by atoms with van der Waals surface area (Å²) >= 11 is 0. The van der Waals surface area contributed by atoms with Crippen LogP contribution >= 0.6 is 0 Å². The topological polar surface area (TPSA) is 29.1 Å². The van der Waals surface area contributed by atoms with Crippen LogP contribution in [0.25, 0.3) is 0 Å². The van der Waals surface area contributed by atoms with Crippen molar-refractivity contribution < 1.29 is 4.79 Å². The third-order valence-corrected chi connectivity index (χ3v) is 5.81. The summed E-state index contributed by atoms with van der Waals surface area (Å²) in [6.07, 6.45) is 3.64. The van der Waals surface area contributed by atoms with Crippen molar-refractivity contribution in [2.24, 2.45) is 17.8 Å². The van der Waals surface area contributed by atoms with Crippen molar-refractivity contribution in [3.63, 3.8) is 0 Å². The Hall–Kier alpha value is -2.09. The van der Waals surface area contributed by atoms with Crippen LogP contribution in [0.15, 0.2) is 54.6 Å². The van der Waals surface area contributed by atoms with Gasteiger partial charge in [0.1, 0.15) is 0 Å². The third kappa shape index (κ3) is 2.46. The van der Waals surface area contributed by atoms with Gasteiger partial charge >= 0.3 is 0 Å². The summed E-state index contributed by atoms with van der Waals surface area (Å²) in [7, 11) is 0. The Bertz CT molecular complexity index is 697. The normalized spacial score (nSPS) is 28.7. The first-order valence-corrected chi connectivity index (χ1v) is 8.67. The third-order valence-electron chi connectivity index (χ3n) is 5.81. The summed E-state index contributed by atoms with van der Waals surface area (Å²) in [6, 6.07) is 18.8. The van der Waals surface area contributed by atoms with Gasteiger partial charge in [-0.05, 0) is 54.7 Å². The van der Waals surface area contributed by atoms with E-state index in [-0.39, 0.29) is 11.8 Å². The molecule has 0 radical (unpaired) electrons. The Morgan fingerprint density at radius 2 is 1.61 bits per heavy atom. The first-order chi connectivity index (χ1) is 11.3. The molecule has 2 heteroatoms. The molecule has 2 saturated carbocycles. The van der Waals surface area contributed by atoms with Gasteiger partial charge in [-0.1, -0.05) is 55.0 Å². The number of para-hydroxylation sites is 1. The van der Waals surface area contributed by atoms with Crippen LogP contribution in [0.5, 0.6) is 0 Å². The number of benzene rings is 2. The van der Waals surface area contributed by atoms with E-state index in [0.29, 0.717) is 17.8 Å². The number of amides is 1. The van der Waals surface area contributed by atoms with Crippen LogP contribution in [-0.4, -0.2) is 5.91 Å². The Morgan fingerprint density at radius 3 is 2.30 bits per heavy atom. The lowest BCUT2D eigenvalue weighted by molar-refractivity contribution is -0.135. The van der Waals surface area contributed by atoms with Crippen LogP contribution in [0.4, 0.5) is 5.69 Å². The minimum Gasteiger partial charge on any atom is -0.326 e. The van der Waals surface area contributed by atoms with E-state index in [9.17, 15) is 4.79 Å². The van der Waals surface area contributed by atoms with Crippen LogP contribution < -0.4 is 5.32 Å². The molecule has 1 N–H and O–H groups in total. The Balaban J connectivity index is 1.52. The molecule has 2 nitrogen and oxygen atoms in total. The average molecular weight is 305 g/mol. The number of carbonyl (C=O) groups is 1. The minimum atomic E-state index is 0.188. The molecule has 2 bridgehead atoms. The highest BCUT2D eigenvalue weighted by Crippen LogP contribution is 2.60. The molecule has 0 heterocycles. The summed E-state index contributed by atoms with van der Waals surface area (Å²) < 4.78 is 0. The summed E-state index contributed by atoms with van der Waals surface area (Å²) in [4.78, 5) is 12.8. The number of hydrogen-bond acceptors (Lipinski definition) is 1. The molecule has 0 spiro atoms. The van der Waals surface area contributed by atoms with Crippen LogP contribution in [0.1, 0.15) is 36.3 Å².